The van der Waals surface area contributed by atoms with E-state index >= 15 is 0 Å². The van der Waals surface area contributed by atoms with E-state index in [1.807, 2.05) is 0 Å². The molecule has 1 heterocycles. The first-order valence-electron chi connectivity index (χ1n) is 2.73. The van der Waals surface area contributed by atoms with Crippen molar-refractivity contribution in [1.29, 1.82) is 0 Å². The lowest BCUT2D eigenvalue weighted by molar-refractivity contribution is 0.160. The fourth-order valence-corrected chi connectivity index (χ4v) is 1.28. The molecule has 2 aliphatic rings. The Morgan fingerprint density at radius 3 is 2.00 bits per heavy atom. The van der Waals surface area contributed by atoms with Crippen molar-refractivity contribution in [3.8, 4) is 0 Å². The molecular weight excluding hydrogens is 126 g/mol. The molecule has 2 rings (SSSR count). The van der Waals surface area contributed by atoms with Gasteiger partial charge in [0.05, 0.1) is 13.2 Å². The van der Waals surface area contributed by atoms with Gasteiger partial charge >= 0.3 is 0 Å². The quantitative estimate of drug-likeness (QED) is 0.508. The third kappa shape index (κ3) is 0.642. The maximum Gasteiger partial charge on any atom is 0.0513 e. The van der Waals surface area contributed by atoms with Crippen LogP contribution in [-0.4, -0.2) is 19.3 Å². The molecule has 0 radical (unpaired) electrons. The van der Waals surface area contributed by atoms with Crippen LogP contribution in [0.2, 0.25) is 0 Å². The highest BCUT2D eigenvalue weighted by molar-refractivity contribution is 5.85. The van der Waals surface area contributed by atoms with E-state index < -0.39 is 0 Å². The molecule has 3 heteroatoms. The number of halogens is 1. The van der Waals surface area contributed by atoms with Crippen LogP contribution in [0.3, 0.4) is 0 Å². The molecule has 0 aromatic heterocycles. The molecule has 1 saturated carbocycles. The van der Waals surface area contributed by atoms with Gasteiger partial charge in [0.2, 0.25) is 0 Å². The molecule has 3 atom stereocenters. The Hall–Kier alpha value is 0.210. The van der Waals surface area contributed by atoms with E-state index in [0.717, 1.165) is 25.0 Å². The highest BCUT2D eigenvalue weighted by Gasteiger charge is 2.51. The second-order valence-corrected chi connectivity index (χ2v) is 2.44. The zero-order valence-corrected chi connectivity index (χ0v) is 5.36. The second-order valence-electron chi connectivity index (χ2n) is 2.44. The number of rotatable bonds is 0. The van der Waals surface area contributed by atoms with Crippen molar-refractivity contribution in [3.63, 3.8) is 0 Å². The molecule has 1 aliphatic heterocycles. The zero-order valence-electron chi connectivity index (χ0n) is 4.54. The van der Waals surface area contributed by atoms with Gasteiger partial charge in [-0.3, -0.25) is 0 Å². The summed E-state index contributed by atoms with van der Waals surface area (Å²) >= 11 is 0. The van der Waals surface area contributed by atoms with Crippen LogP contribution in [0.5, 0.6) is 0 Å². The third-order valence-electron chi connectivity index (χ3n) is 2.02. The first kappa shape index (κ1) is 6.33. The smallest absolute Gasteiger partial charge is 0.0513 e. The lowest BCUT2D eigenvalue weighted by Gasteiger charge is -1.93. The summed E-state index contributed by atoms with van der Waals surface area (Å²) in [6, 6.07) is 0.494. The monoisotopic (exact) mass is 135 g/mol. The summed E-state index contributed by atoms with van der Waals surface area (Å²) in [5, 5.41) is 0. The van der Waals surface area contributed by atoms with Crippen molar-refractivity contribution < 1.29 is 4.74 Å². The summed E-state index contributed by atoms with van der Waals surface area (Å²) in [4.78, 5) is 0. The maximum absolute atomic E-state index is 5.59. The van der Waals surface area contributed by atoms with Crippen LogP contribution < -0.4 is 5.73 Å². The van der Waals surface area contributed by atoms with Gasteiger partial charge in [-0.2, -0.15) is 0 Å². The number of nitrogens with two attached hydrogens (primary N) is 1. The SMILES string of the molecule is Cl.N[C@@H]1[C@H]2COC[C@@H]12. The summed E-state index contributed by atoms with van der Waals surface area (Å²) in [5.41, 5.74) is 5.59. The molecular formula is C5H10ClNO. The van der Waals surface area contributed by atoms with E-state index in [4.69, 9.17) is 10.5 Å². The van der Waals surface area contributed by atoms with E-state index in [-0.39, 0.29) is 12.4 Å². The molecule has 2 fully saturated rings. The van der Waals surface area contributed by atoms with Crippen molar-refractivity contribution in [2.45, 2.75) is 6.04 Å². The number of fused-ring (bicyclic) bond motifs is 1. The fraction of sp³-hybridized carbons (Fsp3) is 1.00. The topological polar surface area (TPSA) is 35.2 Å². The summed E-state index contributed by atoms with van der Waals surface area (Å²) in [7, 11) is 0. The Bertz CT molecular complexity index is 88.4. The Morgan fingerprint density at radius 2 is 1.75 bits per heavy atom. The summed E-state index contributed by atoms with van der Waals surface area (Å²) in [5.74, 6) is 1.47. The average Bonchev–Trinajstić information content (AvgIpc) is 2.26. The van der Waals surface area contributed by atoms with E-state index in [1.54, 1.807) is 0 Å². The molecule has 1 saturated heterocycles. The van der Waals surface area contributed by atoms with Gasteiger partial charge in [0.15, 0.2) is 0 Å². The van der Waals surface area contributed by atoms with E-state index in [2.05, 4.69) is 0 Å². The van der Waals surface area contributed by atoms with Crippen molar-refractivity contribution in [3.05, 3.63) is 0 Å². The molecule has 0 amide bonds. The van der Waals surface area contributed by atoms with E-state index in [9.17, 15) is 0 Å². The molecule has 8 heavy (non-hydrogen) atoms. The predicted octanol–water partition coefficient (Wildman–Crippen LogP) is 0.0117. The predicted molar refractivity (Wildman–Crippen MR) is 33.0 cm³/mol. The van der Waals surface area contributed by atoms with Crippen molar-refractivity contribution in [2.24, 2.45) is 17.6 Å². The molecule has 2 N–H and O–H groups in total. The third-order valence-corrected chi connectivity index (χ3v) is 2.02. The average molecular weight is 136 g/mol. The lowest BCUT2D eigenvalue weighted by atomic mass is 10.4. The van der Waals surface area contributed by atoms with Crippen molar-refractivity contribution in [1.82, 2.24) is 0 Å². The zero-order chi connectivity index (χ0) is 4.85. The van der Waals surface area contributed by atoms with E-state index in [0.29, 0.717) is 6.04 Å². The second kappa shape index (κ2) is 1.87. The summed E-state index contributed by atoms with van der Waals surface area (Å²) in [6.07, 6.45) is 0. The van der Waals surface area contributed by atoms with Gasteiger partial charge in [0.25, 0.3) is 0 Å². The van der Waals surface area contributed by atoms with E-state index in [1.165, 1.54) is 0 Å². The Kier molecular flexibility index (Phi) is 1.48. The van der Waals surface area contributed by atoms with Gasteiger partial charge in [0, 0.05) is 17.9 Å². The van der Waals surface area contributed by atoms with Gasteiger partial charge in [-0.1, -0.05) is 0 Å². The normalized spacial score (nSPS) is 49.9. The standard InChI is InChI=1S/C5H9NO.ClH/c6-5-3-1-7-2-4(3)5;/h3-5H,1-2,6H2;1H/t3-,4+,5+;. The van der Waals surface area contributed by atoms with Crippen LogP contribution in [0, 0.1) is 11.8 Å². The van der Waals surface area contributed by atoms with Crippen LogP contribution in [0.4, 0.5) is 0 Å². The Balaban J connectivity index is 0.000000320. The van der Waals surface area contributed by atoms with Gasteiger partial charge in [-0.25, -0.2) is 0 Å². The van der Waals surface area contributed by atoms with Crippen LogP contribution >= 0.6 is 12.4 Å². The highest BCUT2D eigenvalue weighted by atomic mass is 35.5. The largest absolute Gasteiger partial charge is 0.381 e. The molecule has 0 bridgehead atoms. The van der Waals surface area contributed by atoms with Crippen molar-refractivity contribution >= 4 is 12.4 Å². The molecule has 0 spiro atoms. The number of hydrogen-bond acceptors (Lipinski definition) is 2. The van der Waals surface area contributed by atoms with Crippen LogP contribution in [0.1, 0.15) is 0 Å². The molecule has 0 unspecified atom stereocenters. The lowest BCUT2D eigenvalue weighted by Crippen LogP contribution is -2.11. The maximum atomic E-state index is 5.59. The van der Waals surface area contributed by atoms with Crippen LogP contribution in [-0.2, 0) is 4.74 Å². The molecule has 1 aliphatic carbocycles. The minimum Gasteiger partial charge on any atom is -0.381 e. The molecule has 48 valence electrons. The Morgan fingerprint density at radius 1 is 1.25 bits per heavy atom. The van der Waals surface area contributed by atoms with Crippen LogP contribution in [0.15, 0.2) is 0 Å². The fourth-order valence-electron chi connectivity index (χ4n) is 1.28. The Labute approximate surface area is 54.8 Å². The molecule has 2 nitrogen and oxygen atoms in total. The number of hydrogen-bond donors (Lipinski definition) is 1. The van der Waals surface area contributed by atoms with Gasteiger partial charge in [-0.05, 0) is 0 Å². The van der Waals surface area contributed by atoms with Gasteiger partial charge < -0.3 is 10.5 Å². The minimum absolute atomic E-state index is 0. The molecule has 0 aromatic carbocycles. The summed E-state index contributed by atoms with van der Waals surface area (Å²) in [6.45, 7) is 1.84. The first-order chi connectivity index (χ1) is 3.39. The first-order valence-corrected chi connectivity index (χ1v) is 2.73. The van der Waals surface area contributed by atoms with Gasteiger partial charge in [-0.15, -0.1) is 12.4 Å². The van der Waals surface area contributed by atoms with Crippen LogP contribution in [0.25, 0.3) is 0 Å². The van der Waals surface area contributed by atoms with Crippen molar-refractivity contribution in [2.75, 3.05) is 13.2 Å². The minimum atomic E-state index is 0. The van der Waals surface area contributed by atoms with Gasteiger partial charge in [0.1, 0.15) is 0 Å². The molecule has 0 aromatic rings. The number of ether oxygens (including phenoxy) is 1. The summed E-state index contributed by atoms with van der Waals surface area (Å²) < 4.78 is 5.10. The highest BCUT2D eigenvalue weighted by Crippen LogP contribution is 2.41.